The number of hydrogen-bond donors (Lipinski definition) is 1. The number of carbonyl (C=O) groups excluding carboxylic acids is 1. The molecule has 5 heteroatoms. The number of amides is 2. The first kappa shape index (κ1) is 19.1. The average molecular weight is 367 g/mol. The summed E-state index contributed by atoms with van der Waals surface area (Å²) in [5.41, 5.74) is 4.95. The molecule has 0 bridgehead atoms. The lowest BCUT2D eigenvalue weighted by atomic mass is 10.1. The van der Waals surface area contributed by atoms with Gasteiger partial charge in [-0.05, 0) is 49.1 Å². The Morgan fingerprint density at radius 2 is 1.81 bits per heavy atom. The second-order valence-electron chi connectivity index (χ2n) is 7.06. The van der Waals surface area contributed by atoms with Crippen LogP contribution in [0.1, 0.15) is 16.7 Å². The number of carbonyl (C=O) groups is 1. The minimum Gasteiger partial charge on any atom is -0.496 e. The third kappa shape index (κ3) is 4.73. The molecule has 0 spiro atoms. The first-order valence-corrected chi connectivity index (χ1v) is 9.55. The van der Waals surface area contributed by atoms with Crippen LogP contribution in [0.2, 0.25) is 0 Å². The van der Waals surface area contributed by atoms with Gasteiger partial charge in [-0.3, -0.25) is 0 Å². The SMILES string of the molecule is COc1ccccc1CCNC(=O)N1CCN(c2cc(C)ccc2C)CC1. The van der Waals surface area contributed by atoms with Crippen molar-refractivity contribution < 1.29 is 9.53 Å². The maximum atomic E-state index is 12.5. The molecule has 2 aromatic carbocycles. The standard InChI is InChI=1S/C22H29N3O2/c1-17-8-9-18(2)20(16-17)24-12-14-25(15-13-24)22(26)23-11-10-19-6-4-5-7-21(19)27-3/h4-9,16H,10-15H2,1-3H3,(H,23,26). The highest BCUT2D eigenvalue weighted by atomic mass is 16.5. The van der Waals surface area contributed by atoms with E-state index in [-0.39, 0.29) is 6.03 Å². The van der Waals surface area contributed by atoms with E-state index in [2.05, 4.69) is 42.3 Å². The highest BCUT2D eigenvalue weighted by Gasteiger charge is 2.22. The number of methoxy groups -OCH3 is 1. The lowest BCUT2D eigenvalue weighted by Crippen LogP contribution is -2.52. The second kappa shape index (κ2) is 8.80. The fourth-order valence-corrected chi connectivity index (χ4v) is 3.54. The van der Waals surface area contributed by atoms with Crippen LogP contribution in [-0.4, -0.2) is 50.8 Å². The van der Waals surface area contributed by atoms with Gasteiger partial charge in [0.05, 0.1) is 7.11 Å². The molecule has 1 saturated heterocycles. The first-order valence-electron chi connectivity index (χ1n) is 9.55. The predicted molar refractivity (Wildman–Crippen MR) is 110 cm³/mol. The normalized spacial score (nSPS) is 14.2. The molecule has 2 amide bonds. The molecule has 0 unspecified atom stereocenters. The van der Waals surface area contributed by atoms with Gasteiger partial charge in [0.15, 0.2) is 0 Å². The fraction of sp³-hybridized carbons (Fsp3) is 0.409. The highest BCUT2D eigenvalue weighted by Crippen LogP contribution is 2.23. The zero-order chi connectivity index (χ0) is 19.2. The first-order chi connectivity index (χ1) is 13.1. The molecule has 0 radical (unpaired) electrons. The number of urea groups is 1. The van der Waals surface area contributed by atoms with Crippen LogP contribution < -0.4 is 15.0 Å². The Morgan fingerprint density at radius 3 is 2.56 bits per heavy atom. The number of hydrogen-bond acceptors (Lipinski definition) is 3. The van der Waals surface area contributed by atoms with Crippen LogP contribution in [0.4, 0.5) is 10.5 Å². The summed E-state index contributed by atoms with van der Waals surface area (Å²) in [7, 11) is 1.67. The van der Waals surface area contributed by atoms with Crippen molar-refractivity contribution in [3.8, 4) is 5.75 Å². The van der Waals surface area contributed by atoms with Gasteiger partial charge in [-0.25, -0.2) is 4.79 Å². The summed E-state index contributed by atoms with van der Waals surface area (Å²) < 4.78 is 5.36. The fourth-order valence-electron chi connectivity index (χ4n) is 3.54. The van der Waals surface area contributed by atoms with Crippen LogP contribution >= 0.6 is 0 Å². The van der Waals surface area contributed by atoms with E-state index in [0.29, 0.717) is 6.54 Å². The minimum atomic E-state index is 0.0190. The van der Waals surface area contributed by atoms with Crippen molar-refractivity contribution in [3.05, 3.63) is 59.2 Å². The molecular weight excluding hydrogens is 338 g/mol. The quantitative estimate of drug-likeness (QED) is 0.881. The van der Waals surface area contributed by atoms with Crippen molar-refractivity contribution in [2.24, 2.45) is 0 Å². The molecule has 0 atom stereocenters. The Labute approximate surface area is 161 Å². The van der Waals surface area contributed by atoms with Crippen molar-refractivity contribution in [1.82, 2.24) is 10.2 Å². The lowest BCUT2D eigenvalue weighted by Gasteiger charge is -2.37. The number of benzene rings is 2. The van der Waals surface area contributed by atoms with Crippen LogP contribution in [0.5, 0.6) is 5.75 Å². The number of nitrogens with zero attached hydrogens (tertiary/aromatic N) is 2. The van der Waals surface area contributed by atoms with Gasteiger partial charge in [-0.15, -0.1) is 0 Å². The van der Waals surface area contributed by atoms with Crippen LogP contribution in [0, 0.1) is 13.8 Å². The zero-order valence-electron chi connectivity index (χ0n) is 16.5. The van der Waals surface area contributed by atoms with Gasteiger partial charge in [0.1, 0.15) is 5.75 Å². The van der Waals surface area contributed by atoms with Crippen molar-refractivity contribution in [2.75, 3.05) is 44.7 Å². The molecular formula is C22H29N3O2. The zero-order valence-corrected chi connectivity index (χ0v) is 16.5. The molecule has 3 rings (SSSR count). The van der Waals surface area contributed by atoms with E-state index >= 15 is 0 Å². The topological polar surface area (TPSA) is 44.8 Å². The highest BCUT2D eigenvalue weighted by molar-refractivity contribution is 5.74. The van der Waals surface area contributed by atoms with Gasteiger partial charge in [0, 0.05) is 38.4 Å². The molecule has 1 aliphatic heterocycles. The number of piperazine rings is 1. The van der Waals surface area contributed by atoms with Crippen LogP contribution in [0.25, 0.3) is 0 Å². The molecule has 1 heterocycles. The van der Waals surface area contributed by atoms with Gasteiger partial charge >= 0.3 is 6.03 Å². The smallest absolute Gasteiger partial charge is 0.317 e. The van der Waals surface area contributed by atoms with E-state index in [9.17, 15) is 4.79 Å². The Balaban J connectivity index is 1.48. The van der Waals surface area contributed by atoms with E-state index in [4.69, 9.17) is 4.74 Å². The second-order valence-corrected chi connectivity index (χ2v) is 7.06. The average Bonchev–Trinajstić information content (AvgIpc) is 2.70. The molecule has 27 heavy (non-hydrogen) atoms. The van der Waals surface area contributed by atoms with Crippen LogP contribution in [-0.2, 0) is 6.42 Å². The summed E-state index contributed by atoms with van der Waals surface area (Å²) in [5.74, 6) is 0.869. The summed E-state index contributed by atoms with van der Waals surface area (Å²) >= 11 is 0. The van der Waals surface area contributed by atoms with Crippen LogP contribution in [0.15, 0.2) is 42.5 Å². The van der Waals surface area contributed by atoms with Gasteiger partial charge in [0.2, 0.25) is 0 Å². The van der Waals surface area contributed by atoms with Gasteiger partial charge in [-0.2, -0.15) is 0 Å². The maximum Gasteiger partial charge on any atom is 0.317 e. The van der Waals surface area contributed by atoms with Crippen molar-refractivity contribution in [2.45, 2.75) is 20.3 Å². The van der Waals surface area contributed by atoms with E-state index in [1.54, 1.807) is 7.11 Å². The Morgan fingerprint density at radius 1 is 1.07 bits per heavy atom. The minimum absolute atomic E-state index is 0.0190. The Bertz CT molecular complexity index is 783. The Kier molecular flexibility index (Phi) is 6.22. The van der Waals surface area contributed by atoms with Crippen LogP contribution in [0.3, 0.4) is 0 Å². The summed E-state index contributed by atoms with van der Waals surface area (Å²) in [5, 5.41) is 3.04. The largest absolute Gasteiger partial charge is 0.496 e. The molecule has 1 fully saturated rings. The number of ether oxygens (including phenoxy) is 1. The van der Waals surface area contributed by atoms with Crippen molar-refractivity contribution in [1.29, 1.82) is 0 Å². The number of nitrogens with one attached hydrogen (secondary N) is 1. The molecule has 0 aromatic heterocycles. The maximum absolute atomic E-state index is 12.5. The third-order valence-electron chi connectivity index (χ3n) is 5.14. The van der Waals surface area contributed by atoms with Crippen molar-refractivity contribution in [3.63, 3.8) is 0 Å². The van der Waals surface area contributed by atoms with E-state index in [0.717, 1.165) is 43.9 Å². The molecule has 1 N–H and O–H groups in total. The number of para-hydroxylation sites is 1. The molecule has 2 aromatic rings. The number of aryl methyl sites for hydroxylation is 2. The monoisotopic (exact) mass is 367 g/mol. The van der Waals surface area contributed by atoms with E-state index in [1.165, 1.54) is 16.8 Å². The van der Waals surface area contributed by atoms with Gasteiger partial charge < -0.3 is 19.9 Å². The summed E-state index contributed by atoms with van der Waals surface area (Å²) in [6.07, 6.45) is 0.762. The summed E-state index contributed by atoms with van der Waals surface area (Å²) in [4.78, 5) is 16.8. The molecule has 1 aliphatic rings. The Hall–Kier alpha value is -2.69. The summed E-state index contributed by atoms with van der Waals surface area (Å²) in [6.45, 7) is 8.09. The summed E-state index contributed by atoms with van der Waals surface area (Å²) in [6, 6.07) is 14.5. The van der Waals surface area contributed by atoms with Crippen molar-refractivity contribution >= 4 is 11.7 Å². The molecule has 5 nitrogen and oxygen atoms in total. The molecule has 0 saturated carbocycles. The van der Waals surface area contributed by atoms with Gasteiger partial charge in [0.25, 0.3) is 0 Å². The number of rotatable bonds is 5. The molecule has 144 valence electrons. The van der Waals surface area contributed by atoms with E-state index in [1.807, 2.05) is 29.2 Å². The number of anilines is 1. The molecule has 0 aliphatic carbocycles. The van der Waals surface area contributed by atoms with E-state index < -0.39 is 0 Å². The van der Waals surface area contributed by atoms with Gasteiger partial charge in [-0.1, -0.05) is 30.3 Å². The third-order valence-corrected chi connectivity index (χ3v) is 5.14. The lowest BCUT2D eigenvalue weighted by molar-refractivity contribution is 0.194. The predicted octanol–water partition coefficient (Wildman–Crippen LogP) is 3.39.